The molecule has 1 aromatic carbocycles. The van der Waals surface area contributed by atoms with Gasteiger partial charge < -0.3 is 9.47 Å². The van der Waals surface area contributed by atoms with E-state index in [1.165, 1.54) is 16.7 Å². The first-order chi connectivity index (χ1) is 16.6. The molecule has 14 heteroatoms. The summed E-state index contributed by atoms with van der Waals surface area (Å²) in [5.41, 5.74) is 1.01. The van der Waals surface area contributed by atoms with Gasteiger partial charge in [0.2, 0.25) is 10.0 Å². The highest BCUT2D eigenvalue weighted by atomic mass is 32.2. The summed E-state index contributed by atoms with van der Waals surface area (Å²) in [6, 6.07) is 3.80. The Morgan fingerprint density at radius 1 is 1.03 bits per heavy atom. The number of hydrogen-bond donors (Lipinski definition) is 0. The van der Waals surface area contributed by atoms with E-state index in [2.05, 4.69) is 15.1 Å². The number of imidazole rings is 1. The van der Waals surface area contributed by atoms with Crippen molar-refractivity contribution in [2.24, 2.45) is 14.1 Å². The van der Waals surface area contributed by atoms with Crippen molar-refractivity contribution >= 4 is 27.0 Å². The first-order valence-electron chi connectivity index (χ1n) is 10.6. The van der Waals surface area contributed by atoms with Gasteiger partial charge in [0.1, 0.15) is 12.2 Å². The number of fused-ring (bicyclic) bond motifs is 1. The van der Waals surface area contributed by atoms with Gasteiger partial charge in [0.15, 0.2) is 17.0 Å². The van der Waals surface area contributed by atoms with Crippen LogP contribution in [-0.4, -0.2) is 68.2 Å². The van der Waals surface area contributed by atoms with Crippen LogP contribution in [0.1, 0.15) is 5.56 Å². The molecule has 0 aliphatic carbocycles. The number of benzene rings is 1. The van der Waals surface area contributed by atoms with Crippen LogP contribution >= 0.6 is 0 Å². The van der Waals surface area contributed by atoms with Gasteiger partial charge in [-0.1, -0.05) is 6.07 Å². The molecule has 5 rings (SSSR count). The van der Waals surface area contributed by atoms with Crippen molar-refractivity contribution in [3.8, 4) is 11.4 Å². The maximum absolute atomic E-state index is 13.1. The minimum Gasteiger partial charge on any atom is -0.352 e. The topological polar surface area (TPSA) is 102 Å². The van der Waals surface area contributed by atoms with Crippen molar-refractivity contribution in [3.05, 3.63) is 48.5 Å². The number of piperazine rings is 1. The number of aryl methyl sites for hydroxylation is 2. The lowest BCUT2D eigenvalue weighted by Crippen LogP contribution is -2.49. The number of rotatable bonds is 4. The van der Waals surface area contributed by atoms with E-state index in [1.807, 2.05) is 29.8 Å². The fraction of sp³-hybridized carbons (Fsp3) is 0.333. The normalized spacial score (nSPS) is 15.7. The highest BCUT2D eigenvalue weighted by Gasteiger charge is 2.34. The highest BCUT2D eigenvalue weighted by molar-refractivity contribution is 7.89. The lowest BCUT2D eigenvalue weighted by Gasteiger charge is -2.34. The Kier molecular flexibility index (Phi) is 5.51. The summed E-state index contributed by atoms with van der Waals surface area (Å²) in [5, 5.41) is 4.18. The van der Waals surface area contributed by atoms with Crippen molar-refractivity contribution in [1.29, 1.82) is 0 Å². The second-order valence-electron chi connectivity index (χ2n) is 8.18. The van der Waals surface area contributed by atoms with Crippen molar-refractivity contribution in [2.45, 2.75) is 11.1 Å². The average Bonchev–Trinajstić information content (AvgIpc) is 3.41. The quantitative estimate of drug-likeness (QED) is 0.419. The van der Waals surface area contributed by atoms with Gasteiger partial charge in [0, 0.05) is 46.5 Å². The first kappa shape index (κ1) is 23.2. The van der Waals surface area contributed by atoms with Crippen LogP contribution in [0.3, 0.4) is 0 Å². The minimum absolute atomic E-state index is 0.0897. The van der Waals surface area contributed by atoms with Crippen LogP contribution in [0.4, 0.5) is 19.0 Å². The zero-order valence-corrected chi connectivity index (χ0v) is 19.6. The van der Waals surface area contributed by atoms with E-state index >= 15 is 0 Å². The van der Waals surface area contributed by atoms with Gasteiger partial charge >= 0.3 is 6.18 Å². The van der Waals surface area contributed by atoms with Crippen LogP contribution < -0.4 is 4.90 Å². The third kappa shape index (κ3) is 4.12. The predicted molar refractivity (Wildman–Crippen MR) is 121 cm³/mol. The predicted octanol–water partition coefficient (Wildman–Crippen LogP) is 2.29. The lowest BCUT2D eigenvalue weighted by atomic mass is 10.2. The van der Waals surface area contributed by atoms with Crippen LogP contribution in [0.5, 0.6) is 0 Å². The molecule has 0 N–H and O–H groups in total. The van der Waals surface area contributed by atoms with E-state index in [1.54, 1.807) is 10.9 Å². The SMILES string of the molecule is Cn1cc(-c2nc3c(N4CCN(S(=O)(=O)c5cccc(C(F)(F)F)c5)CC4)ncnc3n2C)cn1. The van der Waals surface area contributed by atoms with E-state index in [-0.39, 0.29) is 18.0 Å². The van der Waals surface area contributed by atoms with Gasteiger partial charge in [-0.25, -0.2) is 23.4 Å². The molecule has 0 saturated carbocycles. The van der Waals surface area contributed by atoms with Crippen molar-refractivity contribution < 1.29 is 21.6 Å². The van der Waals surface area contributed by atoms with Crippen LogP contribution in [0.25, 0.3) is 22.6 Å². The fourth-order valence-corrected chi connectivity index (χ4v) is 5.60. The number of halogens is 3. The Labute approximate surface area is 198 Å². The van der Waals surface area contributed by atoms with Crippen molar-refractivity contribution in [2.75, 3.05) is 31.1 Å². The monoisotopic (exact) mass is 506 g/mol. The molecule has 4 aromatic rings. The van der Waals surface area contributed by atoms with E-state index in [4.69, 9.17) is 4.98 Å². The minimum atomic E-state index is -4.63. The summed E-state index contributed by atoms with van der Waals surface area (Å²) in [6.45, 7) is 0.769. The number of alkyl halides is 3. The second-order valence-corrected chi connectivity index (χ2v) is 10.1. The van der Waals surface area contributed by atoms with E-state index < -0.39 is 21.8 Å². The summed E-state index contributed by atoms with van der Waals surface area (Å²) in [5.74, 6) is 1.23. The lowest BCUT2D eigenvalue weighted by molar-refractivity contribution is -0.137. The third-order valence-corrected chi connectivity index (χ3v) is 7.83. The highest BCUT2D eigenvalue weighted by Crippen LogP contribution is 2.32. The fourth-order valence-electron chi connectivity index (χ4n) is 4.14. The number of anilines is 1. The number of sulfonamides is 1. The molecule has 0 spiro atoms. The Bertz CT molecular complexity index is 1500. The summed E-state index contributed by atoms with van der Waals surface area (Å²) in [7, 11) is -0.433. The Balaban J connectivity index is 1.39. The molecule has 35 heavy (non-hydrogen) atoms. The molecule has 0 atom stereocenters. The summed E-state index contributed by atoms with van der Waals surface area (Å²) in [4.78, 5) is 15.0. The largest absolute Gasteiger partial charge is 0.416 e. The first-order valence-corrected chi connectivity index (χ1v) is 12.1. The van der Waals surface area contributed by atoms with Crippen LogP contribution in [0.15, 0.2) is 47.9 Å². The van der Waals surface area contributed by atoms with Crippen LogP contribution in [0.2, 0.25) is 0 Å². The molecule has 0 amide bonds. The van der Waals surface area contributed by atoms with Gasteiger partial charge in [-0.15, -0.1) is 0 Å². The maximum atomic E-state index is 13.1. The molecular weight excluding hydrogens is 485 g/mol. The van der Waals surface area contributed by atoms with Gasteiger partial charge in [-0.3, -0.25) is 4.68 Å². The molecule has 0 unspecified atom stereocenters. The van der Waals surface area contributed by atoms with Gasteiger partial charge in [0.05, 0.1) is 22.2 Å². The molecule has 0 bridgehead atoms. The molecule has 10 nitrogen and oxygen atoms in total. The van der Waals surface area contributed by atoms with Crippen LogP contribution in [0, 0.1) is 0 Å². The van der Waals surface area contributed by atoms with Gasteiger partial charge in [0.25, 0.3) is 0 Å². The van der Waals surface area contributed by atoms with Gasteiger partial charge in [-0.2, -0.15) is 22.6 Å². The number of hydrogen-bond acceptors (Lipinski definition) is 7. The maximum Gasteiger partial charge on any atom is 0.416 e. The molecule has 1 aliphatic heterocycles. The second kappa shape index (κ2) is 8.30. The molecule has 1 aliphatic rings. The van der Waals surface area contributed by atoms with E-state index in [9.17, 15) is 21.6 Å². The number of aromatic nitrogens is 6. The Hall–Kier alpha value is -3.52. The Morgan fingerprint density at radius 3 is 2.43 bits per heavy atom. The zero-order valence-electron chi connectivity index (χ0n) is 18.8. The molecular formula is C21H21F3N8O2S. The van der Waals surface area contributed by atoms with E-state index in [0.717, 1.165) is 17.7 Å². The van der Waals surface area contributed by atoms with Crippen LogP contribution in [-0.2, 0) is 30.3 Å². The van der Waals surface area contributed by atoms with Crippen molar-refractivity contribution in [1.82, 2.24) is 33.6 Å². The molecule has 3 aromatic heterocycles. The van der Waals surface area contributed by atoms with E-state index in [0.29, 0.717) is 42.0 Å². The Morgan fingerprint density at radius 2 is 1.77 bits per heavy atom. The molecule has 0 radical (unpaired) electrons. The summed E-state index contributed by atoms with van der Waals surface area (Å²) in [6.07, 6.45) is 0.343. The summed E-state index contributed by atoms with van der Waals surface area (Å²) < 4.78 is 69.9. The third-order valence-electron chi connectivity index (χ3n) is 5.94. The van der Waals surface area contributed by atoms with Crippen molar-refractivity contribution in [3.63, 3.8) is 0 Å². The van der Waals surface area contributed by atoms with Gasteiger partial charge in [-0.05, 0) is 18.2 Å². The number of nitrogens with zero attached hydrogens (tertiary/aromatic N) is 8. The molecule has 184 valence electrons. The average molecular weight is 507 g/mol. The smallest absolute Gasteiger partial charge is 0.352 e. The molecule has 4 heterocycles. The standard InChI is InChI=1S/C21H21F3N8O2S/c1-29-12-14(11-27-29)18-28-17-19(30(18)2)25-13-26-20(17)31-6-8-32(9-7-31)35(33,34)16-5-3-4-15(10-16)21(22,23)24/h3-5,10-13H,6-9H2,1-2H3. The zero-order chi connectivity index (χ0) is 25.0. The molecule has 1 saturated heterocycles. The molecule has 1 fully saturated rings. The summed E-state index contributed by atoms with van der Waals surface area (Å²) >= 11 is 0.